The molecule has 0 amide bonds. The van der Waals surface area contributed by atoms with Crippen molar-refractivity contribution in [3.8, 4) is 5.75 Å². The number of halogens is 2. The number of aliphatic hydroxyl groups excluding tert-OH is 1. The Labute approximate surface area is 127 Å². The highest BCUT2D eigenvalue weighted by atomic mass is 19.3. The SMILES string of the molecule is Cc1cccc(C(=O)C(O)c2ccc(OC(F)F)c(C)c2)c1. The quantitative estimate of drug-likeness (QED) is 0.854. The molecule has 116 valence electrons. The Morgan fingerprint density at radius 2 is 1.86 bits per heavy atom. The van der Waals surface area contributed by atoms with E-state index in [2.05, 4.69) is 4.74 Å². The molecular formula is C17H16F2O3. The Hall–Kier alpha value is -2.27. The van der Waals surface area contributed by atoms with E-state index in [9.17, 15) is 18.7 Å². The second kappa shape index (κ2) is 6.66. The van der Waals surface area contributed by atoms with E-state index < -0.39 is 18.5 Å². The van der Waals surface area contributed by atoms with E-state index in [4.69, 9.17) is 0 Å². The molecule has 0 aliphatic carbocycles. The summed E-state index contributed by atoms with van der Waals surface area (Å²) in [6.07, 6.45) is -1.35. The lowest BCUT2D eigenvalue weighted by atomic mass is 9.97. The van der Waals surface area contributed by atoms with E-state index in [1.165, 1.54) is 18.2 Å². The van der Waals surface area contributed by atoms with E-state index in [0.29, 0.717) is 16.7 Å². The summed E-state index contributed by atoms with van der Waals surface area (Å²) in [5.74, 6) is -0.417. The van der Waals surface area contributed by atoms with Gasteiger partial charge in [-0.05, 0) is 43.2 Å². The normalized spacial score (nSPS) is 12.3. The molecule has 0 saturated carbocycles. The first-order valence-corrected chi connectivity index (χ1v) is 6.73. The molecule has 2 rings (SSSR count). The summed E-state index contributed by atoms with van der Waals surface area (Å²) in [4.78, 5) is 12.3. The number of alkyl halides is 2. The van der Waals surface area contributed by atoms with Crippen molar-refractivity contribution >= 4 is 5.78 Å². The van der Waals surface area contributed by atoms with Gasteiger partial charge in [0.25, 0.3) is 0 Å². The van der Waals surface area contributed by atoms with Crippen LogP contribution in [0.25, 0.3) is 0 Å². The maximum atomic E-state index is 12.3. The van der Waals surface area contributed by atoms with Gasteiger partial charge in [-0.2, -0.15) is 8.78 Å². The third-order valence-electron chi connectivity index (χ3n) is 3.28. The van der Waals surface area contributed by atoms with E-state index in [-0.39, 0.29) is 5.75 Å². The summed E-state index contributed by atoms with van der Waals surface area (Å²) in [5.41, 5.74) is 2.08. The number of aliphatic hydroxyl groups is 1. The highest BCUT2D eigenvalue weighted by molar-refractivity contribution is 6.00. The van der Waals surface area contributed by atoms with Crippen LogP contribution < -0.4 is 4.74 Å². The fraction of sp³-hybridized carbons (Fsp3) is 0.235. The van der Waals surface area contributed by atoms with Crippen LogP contribution in [0, 0.1) is 13.8 Å². The molecule has 1 atom stereocenters. The zero-order chi connectivity index (χ0) is 16.3. The van der Waals surface area contributed by atoms with E-state index in [1.54, 1.807) is 25.1 Å². The van der Waals surface area contributed by atoms with Crippen LogP contribution in [-0.4, -0.2) is 17.5 Å². The summed E-state index contributed by atoms with van der Waals surface area (Å²) in [7, 11) is 0. The van der Waals surface area contributed by atoms with Crippen molar-refractivity contribution in [1.29, 1.82) is 0 Å². The van der Waals surface area contributed by atoms with Crippen LogP contribution in [-0.2, 0) is 0 Å². The van der Waals surface area contributed by atoms with Crippen LogP contribution in [0.4, 0.5) is 8.78 Å². The second-order valence-electron chi connectivity index (χ2n) is 5.04. The van der Waals surface area contributed by atoms with Gasteiger partial charge in [-0.3, -0.25) is 4.79 Å². The first-order chi connectivity index (χ1) is 10.4. The summed E-state index contributed by atoms with van der Waals surface area (Å²) >= 11 is 0. The van der Waals surface area contributed by atoms with Crippen molar-refractivity contribution in [2.75, 3.05) is 0 Å². The predicted molar refractivity (Wildman–Crippen MR) is 78.3 cm³/mol. The molecule has 3 nitrogen and oxygen atoms in total. The molecule has 0 aliphatic heterocycles. The smallest absolute Gasteiger partial charge is 0.387 e. The van der Waals surface area contributed by atoms with Crippen molar-refractivity contribution < 1.29 is 23.4 Å². The number of carbonyl (C=O) groups is 1. The summed E-state index contributed by atoms with van der Waals surface area (Å²) in [6, 6.07) is 11.1. The van der Waals surface area contributed by atoms with Gasteiger partial charge < -0.3 is 9.84 Å². The highest BCUT2D eigenvalue weighted by Gasteiger charge is 2.20. The van der Waals surface area contributed by atoms with Crippen LogP contribution in [0.1, 0.15) is 33.2 Å². The van der Waals surface area contributed by atoms with Gasteiger partial charge >= 0.3 is 6.61 Å². The first-order valence-electron chi connectivity index (χ1n) is 6.73. The molecule has 0 radical (unpaired) electrons. The van der Waals surface area contributed by atoms with E-state index >= 15 is 0 Å². The molecule has 0 spiro atoms. The van der Waals surface area contributed by atoms with Gasteiger partial charge in [-0.1, -0.05) is 29.8 Å². The molecule has 0 bridgehead atoms. The van der Waals surface area contributed by atoms with E-state index in [0.717, 1.165) is 5.56 Å². The molecule has 0 saturated heterocycles. The number of ketones is 1. The molecule has 1 N–H and O–H groups in total. The standard InChI is InChI=1S/C17H16F2O3/c1-10-4-3-5-12(8-10)15(20)16(21)13-6-7-14(11(2)9-13)22-17(18)19/h3-9,16-17,21H,1-2H3. The molecule has 1 unspecified atom stereocenters. The minimum atomic E-state index is -2.91. The number of benzene rings is 2. The summed E-state index contributed by atoms with van der Waals surface area (Å²) < 4.78 is 28.8. The van der Waals surface area contributed by atoms with Gasteiger partial charge in [0, 0.05) is 5.56 Å². The van der Waals surface area contributed by atoms with Crippen molar-refractivity contribution in [3.05, 3.63) is 64.7 Å². The molecule has 0 aliphatic rings. The molecule has 0 aromatic heterocycles. The number of rotatable bonds is 5. The minimum absolute atomic E-state index is 0.0222. The van der Waals surface area contributed by atoms with Crippen LogP contribution in [0.2, 0.25) is 0 Å². The third kappa shape index (κ3) is 3.68. The number of aryl methyl sites for hydroxylation is 2. The monoisotopic (exact) mass is 306 g/mol. The van der Waals surface area contributed by atoms with Crippen LogP contribution in [0.15, 0.2) is 42.5 Å². The van der Waals surface area contributed by atoms with Gasteiger partial charge in [0.1, 0.15) is 11.9 Å². The van der Waals surface area contributed by atoms with Gasteiger partial charge in [-0.25, -0.2) is 0 Å². The van der Waals surface area contributed by atoms with Crippen LogP contribution in [0.3, 0.4) is 0 Å². The predicted octanol–water partition coefficient (Wildman–Crippen LogP) is 3.82. The van der Waals surface area contributed by atoms with Crippen molar-refractivity contribution in [2.45, 2.75) is 26.6 Å². The average Bonchev–Trinajstić information content (AvgIpc) is 2.47. The Morgan fingerprint density at radius 1 is 1.14 bits per heavy atom. The Morgan fingerprint density at radius 3 is 2.45 bits per heavy atom. The molecule has 2 aromatic rings. The molecule has 5 heteroatoms. The number of Topliss-reactive ketones (excluding diaryl/α,β-unsaturated/α-hetero) is 1. The fourth-order valence-corrected chi connectivity index (χ4v) is 2.18. The van der Waals surface area contributed by atoms with Gasteiger partial charge in [0.2, 0.25) is 0 Å². The number of ether oxygens (including phenoxy) is 1. The summed E-state index contributed by atoms with van der Waals surface area (Å²) in [6.45, 7) is 0.512. The van der Waals surface area contributed by atoms with Gasteiger partial charge in [0.15, 0.2) is 5.78 Å². The Bertz CT molecular complexity index is 683. The second-order valence-corrected chi connectivity index (χ2v) is 5.04. The fourth-order valence-electron chi connectivity index (χ4n) is 2.18. The Kier molecular flexibility index (Phi) is 4.88. The highest BCUT2D eigenvalue weighted by Crippen LogP contribution is 2.26. The molecule has 0 heterocycles. The molecular weight excluding hydrogens is 290 g/mol. The lowest BCUT2D eigenvalue weighted by Crippen LogP contribution is -2.13. The minimum Gasteiger partial charge on any atom is -0.435 e. The Balaban J connectivity index is 2.24. The first kappa shape index (κ1) is 16.1. The largest absolute Gasteiger partial charge is 0.435 e. The lowest BCUT2D eigenvalue weighted by molar-refractivity contribution is -0.0503. The zero-order valence-corrected chi connectivity index (χ0v) is 12.2. The molecule has 0 fully saturated rings. The molecule has 2 aromatic carbocycles. The van der Waals surface area contributed by atoms with Crippen molar-refractivity contribution in [3.63, 3.8) is 0 Å². The maximum Gasteiger partial charge on any atom is 0.387 e. The van der Waals surface area contributed by atoms with Crippen molar-refractivity contribution in [2.24, 2.45) is 0 Å². The van der Waals surface area contributed by atoms with Crippen LogP contribution >= 0.6 is 0 Å². The maximum absolute atomic E-state index is 12.3. The van der Waals surface area contributed by atoms with Crippen molar-refractivity contribution in [1.82, 2.24) is 0 Å². The molecule has 22 heavy (non-hydrogen) atoms. The average molecular weight is 306 g/mol. The van der Waals surface area contributed by atoms with Gasteiger partial charge in [0.05, 0.1) is 0 Å². The number of hydrogen-bond acceptors (Lipinski definition) is 3. The topological polar surface area (TPSA) is 46.5 Å². The van der Waals surface area contributed by atoms with Gasteiger partial charge in [-0.15, -0.1) is 0 Å². The third-order valence-corrected chi connectivity index (χ3v) is 3.28. The number of hydrogen-bond donors (Lipinski definition) is 1. The summed E-state index contributed by atoms with van der Waals surface area (Å²) in [5, 5.41) is 10.2. The van der Waals surface area contributed by atoms with Crippen LogP contribution in [0.5, 0.6) is 5.75 Å². The lowest BCUT2D eigenvalue weighted by Gasteiger charge is -2.13. The zero-order valence-electron chi connectivity index (χ0n) is 12.2. The van der Waals surface area contributed by atoms with E-state index in [1.807, 2.05) is 13.0 Å². The number of carbonyl (C=O) groups excluding carboxylic acids is 1.